The summed E-state index contributed by atoms with van der Waals surface area (Å²) in [5, 5.41) is 16.2. The number of rotatable bonds is 1. The van der Waals surface area contributed by atoms with E-state index in [1.165, 1.54) is 0 Å². The molecule has 2 aromatic carbocycles. The highest BCUT2D eigenvalue weighted by molar-refractivity contribution is 5.85. The standard InChI is InChI=1S/C25H15N3O2/c29-28-22-15-25(23-14-19-3-1-2-4-20(19)16-27-23)30-24-13-18(7-8-21(22)24)6-5-17-9-11-26-12-10-17/h1-4,7-16,29H/b28-22-. The van der Waals surface area contributed by atoms with Crippen molar-refractivity contribution in [1.82, 2.24) is 9.97 Å². The van der Waals surface area contributed by atoms with Crippen LogP contribution in [-0.2, 0) is 0 Å². The van der Waals surface area contributed by atoms with Crippen molar-refractivity contribution in [2.24, 2.45) is 5.16 Å². The van der Waals surface area contributed by atoms with Crippen LogP contribution in [0.1, 0.15) is 11.1 Å². The number of benzene rings is 2. The highest BCUT2D eigenvalue weighted by Crippen LogP contribution is 2.24. The fraction of sp³-hybridized carbons (Fsp3) is 0. The molecule has 0 aliphatic carbocycles. The Morgan fingerprint density at radius 1 is 0.833 bits per heavy atom. The van der Waals surface area contributed by atoms with Gasteiger partial charge in [0.25, 0.3) is 0 Å². The van der Waals surface area contributed by atoms with Crippen molar-refractivity contribution >= 4 is 21.7 Å². The quantitative estimate of drug-likeness (QED) is 0.256. The molecular weight excluding hydrogens is 374 g/mol. The molecule has 0 aliphatic heterocycles. The van der Waals surface area contributed by atoms with Crippen molar-refractivity contribution < 1.29 is 9.62 Å². The fourth-order valence-electron chi connectivity index (χ4n) is 3.25. The summed E-state index contributed by atoms with van der Waals surface area (Å²) in [6.45, 7) is 0. The molecule has 5 nitrogen and oxygen atoms in total. The number of nitrogens with zero attached hydrogens (tertiary/aromatic N) is 3. The van der Waals surface area contributed by atoms with Crippen LogP contribution in [0.25, 0.3) is 33.2 Å². The predicted molar refractivity (Wildman–Crippen MR) is 115 cm³/mol. The normalized spacial score (nSPS) is 11.4. The molecule has 0 saturated carbocycles. The SMILES string of the molecule is O/N=c1/cc(-c2cc3ccccc3cn2)oc2cc(C#Cc3ccncc3)ccc12. The highest BCUT2D eigenvalue weighted by Gasteiger charge is 2.09. The maximum absolute atomic E-state index is 9.53. The summed E-state index contributed by atoms with van der Waals surface area (Å²) in [7, 11) is 0. The predicted octanol–water partition coefficient (Wildman–Crippen LogP) is 4.73. The number of fused-ring (bicyclic) bond motifs is 2. The zero-order valence-electron chi connectivity index (χ0n) is 15.8. The van der Waals surface area contributed by atoms with Gasteiger partial charge in [-0.05, 0) is 41.8 Å². The Morgan fingerprint density at radius 2 is 1.63 bits per heavy atom. The first-order valence-electron chi connectivity index (χ1n) is 9.33. The van der Waals surface area contributed by atoms with Crippen LogP contribution in [-0.4, -0.2) is 15.2 Å². The van der Waals surface area contributed by atoms with E-state index >= 15 is 0 Å². The molecule has 1 N–H and O–H groups in total. The van der Waals surface area contributed by atoms with E-state index in [-0.39, 0.29) is 0 Å². The van der Waals surface area contributed by atoms with Crippen LogP contribution in [0.5, 0.6) is 0 Å². The van der Waals surface area contributed by atoms with Gasteiger partial charge in [-0.25, -0.2) is 0 Å². The largest absolute Gasteiger partial charge is 0.454 e. The van der Waals surface area contributed by atoms with Crippen molar-refractivity contribution in [3.05, 3.63) is 102 Å². The summed E-state index contributed by atoms with van der Waals surface area (Å²) in [6.07, 6.45) is 5.21. The van der Waals surface area contributed by atoms with Crippen LogP contribution >= 0.6 is 0 Å². The Morgan fingerprint density at radius 3 is 2.47 bits per heavy atom. The molecule has 30 heavy (non-hydrogen) atoms. The first kappa shape index (κ1) is 17.7. The molecule has 5 rings (SSSR count). The van der Waals surface area contributed by atoms with E-state index in [0.29, 0.717) is 27.8 Å². The minimum absolute atomic E-state index is 0.412. The third kappa shape index (κ3) is 3.38. The van der Waals surface area contributed by atoms with E-state index in [0.717, 1.165) is 21.9 Å². The van der Waals surface area contributed by atoms with E-state index in [9.17, 15) is 5.21 Å². The fourth-order valence-corrected chi connectivity index (χ4v) is 3.25. The van der Waals surface area contributed by atoms with Crippen molar-refractivity contribution in [3.8, 4) is 23.3 Å². The Kier molecular flexibility index (Phi) is 4.43. The lowest BCUT2D eigenvalue weighted by atomic mass is 10.1. The third-order valence-corrected chi connectivity index (χ3v) is 4.77. The molecule has 5 heteroatoms. The maximum atomic E-state index is 9.53. The van der Waals surface area contributed by atoms with E-state index in [2.05, 4.69) is 27.0 Å². The molecule has 0 saturated heterocycles. The molecule has 0 fully saturated rings. The van der Waals surface area contributed by atoms with Crippen LogP contribution in [0, 0.1) is 11.8 Å². The molecule has 0 radical (unpaired) electrons. The molecule has 142 valence electrons. The van der Waals surface area contributed by atoms with Crippen LogP contribution in [0.4, 0.5) is 0 Å². The Hall–Kier alpha value is -4.43. The molecular formula is C25H15N3O2. The Labute approximate surface area is 172 Å². The summed E-state index contributed by atoms with van der Waals surface area (Å²) in [6, 6.07) is 20.9. The van der Waals surface area contributed by atoms with Gasteiger partial charge in [0, 0.05) is 46.6 Å². The van der Waals surface area contributed by atoms with Gasteiger partial charge in [-0.1, -0.05) is 41.3 Å². The topological polar surface area (TPSA) is 71.5 Å². The number of aromatic nitrogens is 2. The van der Waals surface area contributed by atoms with Crippen LogP contribution in [0.15, 0.2) is 94.9 Å². The van der Waals surface area contributed by atoms with Gasteiger partial charge in [0.1, 0.15) is 16.6 Å². The maximum Gasteiger partial charge on any atom is 0.155 e. The van der Waals surface area contributed by atoms with Gasteiger partial charge in [-0.3, -0.25) is 9.97 Å². The molecule has 0 amide bonds. The second-order valence-electron chi connectivity index (χ2n) is 6.71. The summed E-state index contributed by atoms with van der Waals surface area (Å²) in [5.74, 6) is 6.75. The average Bonchev–Trinajstić information content (AvgIpc) is 2.82. The monoisotopic (exact) mass is 389 g/mol. The second-order valence-corrected chi connectivity index (χ2v) is 6.71. The molecule has 0 atom stereocenters. The molecule has 3 heterocycles. The number of hydrogen-bond donors (Lipinski definition) is 1. The zero-order valence-corrected chi connectivity index (χ0v) is 15.8. The van der Waals surface area contributed by atoms with Crippen molar-refractivity contribution in [1.29, 1.82) is 0 Å². The summed E-state index contributed by atoms with van der Waals surface area (Å²) >= 11 is 0. The minimum Gasteiger partial charge on any atom is -0.454 e. The molecule has 0 bridgehead atoms. The lowest BCUT2D eigenvalue weighted by molar-refractivity contribution is 0.302. The lowest BCUT2D eigenvalue weighted by Gasteiger charge is -2.05. The first-order valence-corrected chi connectivity index (χ1v) is 9.33. The molecule has 0 aliphatic rings. The van der Waals surface area contributed by atoms with Crippen molar-refractivity contribution in [2.45, 2.75) is 0 Å². The Balaban J connectivity index is 1.63. The van der Waals surface area contributed by atoms with E-state index in [4.69, 9.17) is 4.42 Å². The minimum atomic E-state index is 0.412. The van der Waals surface area contributed by atoms with Gasteiger partial charge in [0.2, 0.25) is 0 Å². The first-order chi connectivity index (χ1) is 14.8. The van der Waals surface area contributed by atoms with E-state index < -0.39 is 0 Å². The van der Waals surface area contributed by atoms with Gasteiger partial charge >= 0.3 is 0 Å². The number of hydrogen-bond acceptors (Lipinski definition) is 5. The van der Waals surface area contributed by atoms with Crippen LogP contribution < -0.4 is 5.36 Å². The van der Waals surface area contributed by atoms with E-state index in [1.807, 2.05) is 60.7 Å². The Bertz CT molecular complexity index is 1510. The zero-order chi connectivity index (χ0) is 20.3. The van der Waals surface area contributed by atoms with Gasteiger partial charge in [-0.15, -0.1) is 0 Å². The molecule has 0 spiro atoms. The van der Waals surface area contributed by atoms with Crippen molar-refractivity contribution in [2.75, 3.05) is 0 Å². The second kappa shape index (κ2) is 7.53. The molecule has 0 unspecified atom stereocenters. The van der Waals surface area contributed by atoms with Gasteiger partial charge < -0.3 is 9.62 Å². The van der Waals surface area contributed by atoms with Crippen molar-refractivity contribution in [3.63, 3.8) is 0 Å². The summed E-state index contributed by atoms with van der Waals surface area (Å²) in [5.41, 5.74) is 2.89. The van der Waals surface area contributed by atoms with Gasteiger partial charge in [-0.2, -0.15) is 0 Å². The highest BCUT2D eigenvalue weighted by atomic mass is 16.4. The van der Waals surface area contributed by atoms with Gasteiger partial charge in [0.15, 0.2) is 5.76 Å². The average molecular weight is 389 g/mol. The number of pyridine rings is 2. The lowest BCUT2D eigenvalue weighted by Crippen LogP contribution is -2.04. The van der Waals surface area contributed by atoms with Crippen LogP contribution in [0.3, 0.4) is 0 Å². The smallest absolute Gasteiger partial charge is 0.155 e. The van der Waals surface area contributed by atoms with Gasteiger partial charge in [0.05, 0.1) is 0 Å². The summed E-state index contributed by atoms with van der Waals surface area (Å²) < 4.78 is 6.12. The van der Waals surface area contributed by atoms with E-state index in [1.54, 1.807) is 24.7 Å². The third-order valence-electron chi connectivity index (χ3n) is 4.77. The van der Waals surface area contributed by atoms with Crippen LogP contribution in [0.2, 0.25) is 0 Å². The molecule has 3 aromatic heterocycles. The summed E-state index contributed by atoms with van der Waals surface area (Å²) in [4.78, 5) is 8.50. The molecule has 5 aromatic rings.